The minimum absolute atomic E-state index is 0.0515. The first-order valence-electron chi connectivity index (χ1n) is 8.25. The van der Waals surface area contributed by atoms with Crippen LogP contribution in [-0.2, 0) is 6.73 Å². The van der Waals surface area contributed by atoms with Gasteiger partial charge in [-0.3, -0.25) is 4.79 Å². The summed E-state index contributed by atoms with van der Waals surface area (Å²) in [6, 6.07) is 6.27. The number of hydrogen-bond acceptors (Lipinski definition) is 5. The van der Waals surface area contributed by atoms with E-state index in [1.807, 2.05) is 6.92 Å². The Balaban J connectivity index is 1.76. The summed E-state index contributed by atoms with van der Waals surface area (Å²) >= 11 is 6.01. The van der Waals surface area contributed by atoms with Crippen molar-refractivity contribution in [2.45, 2.75) is 38.7 Å². The van der Waals surface area contributed by atoms with E-state index in [1.165, 1.54) is 10.9 Å². The second-order valence-electron chi connectivity index (χ2n) is 6.31. The van der Waals surface area contributed by atoms with Crippen LogP contribution in [0, 0.1) is 6.92 Å². The molecule has 1 aliphatic heterocycles. The number of nitrogens with zero attached hydrogens (tertiary/aromatic N) is 4. The lowest BCUT2D eigenvalue weighted by Crippen LogP contribution is -2.51. The number of benzene rings is 1. The lowest BCUT2D eigenvalue weighted by Gasteiger charge is -2.29. The van der Waals surface area contributed by atoms with Crippen LogP contribution < -0.4 is 4.74 Å². The number of aliphatic hydroxyl groups is 1. The molecule has 3 rings (SSSR count). The number of aryl methyl sites for hydroxylation is 1. The topological polar surface area (TPSA) is 80.0 Å². The standard InChI is InChI=1S/C17H15ClF4N4O3/c1-9-2-3-10(18)13(6-9)29-8-25-5-4-11(23-25)15(27)26-17(28,16(21)22)7-12(24-26)14(19)20/h2-6,14,16,28H,7-8H2,1H3/t17-/m1/s1. The molecule has 1 N–H and O–H groups in total. The molecule has 2 aromatic rings. The van der Waals surface area contributed by atoms with Gasteiger partial charge in [0.2, 0.25) is 5.72 Å². The molecule has 0 saturated heterocycles. The van der Waals surface area contributed by atoms with Gasteiger partial charge in [-0.25, -0.2) is 22.2 Å². The maximum absolute atomic E-state index is 13.3. The molecular formula is C17H15ClF4N4O3. The first-order chi connectivity index (χ1) is 13.6. The summed E-state index contributed by atoms with van der Waals surface area (Å²) in [5, 5.41) is 17.4. The third-order valence-corrected chi connectivity index (χ3v) is 4.44. The van der Waals surface area contributed by atoms with Gasteiger partial charge in [0, 0.05) is 12.6 Å². The maximum atomic E-state index is 13.3. The molecule has 1 aliphatic rings. The van der Waals surface area contributed by atoms with Crippen molar-refractivity contribution in [1.29, 1.82) is 0 Å². The Hall–Kier alpha value is -2.66. The van der Waals surface area contributed by atoms with Crippen LogP contribution in [0.5, 0.6) is 5.75 Å². The smallest absolute Gasteiger partial charge is 0.297 e. The largest absolute Gasteiger partial charge is 0.470 e. The van der Waals surface area contributed by atoms with Crippen molar-refractivity contribution in [2.75, 3.05) is 0 Å². The molecule has 29 heavy (non-hydrogen) atoms. The normalized spacial score (nSPS) is 19.2. The van der Waals surface area contributed by atoms with Gasteiger partial charge in [-0.2, -0.15) is 15.2 Å². The minimum Gasteiger partial charge on any atom is -0.470 e. The zero-order valence-electron chi connectivity index (χ0n) is 14.9. The predicted molar refractivity (Wildman–Crippen MR) is 94.2 cm³/mol. The van der Waals surface area contributed by atoms with Crippen LogP contribution in [0.15, 0.2) is 35.6 Å². The number of aromatic nitrogens is 2. The van der Waals surface area contributed by atoms with Crippen LogP contribution in [0.25, 0.3) is 0 Å². The van der Waals surface area contributed by atoms with Gasteiger partial charge in [-0.05, 0) is 30.7 Å². The van der Waals surface area contributed by atoms with Crippen LogP contribution in [0.1, 0.15) is 22.5 Å². The number of halogens is 5. The summed E-state index contributed by atoms with van der Waals surface area (Å²) in [4.78, 5) is 12.5. The molecule has 2 heterocycles. The van der Waals surface area contributed by atoms with Crippen molar-refractivity contribution in [3.8, 4) is 5.75 Å². The lowest BCUT2D eigenvalue weighted by atomic mass is 10.1. The Labute approximate surface area is 167 Å². The van der Waals surface area contributed by atoms with Gasteiger partial charge in [0.15, 0.2) is 12.4 Å². The maximum Gasteiger partial charge on any atom is 0.297 e. The predicted octanol–water partition coefficient (Wildman–Crippen LogP) is 3.30. The molecule has 1 aromatic carbocycles. The highest BCUT2D eigenvalue weighted by atomic mass is 35.5. The highest BCUT2D eigenvalue weighted by Crippen LogP contribution is 2.34. The Kier molecular flexibility index (Phi) is 5.80. The molecule has 1 aromatic heterocycles. The van der Waals surface area contributed by atoms with Crippen LogP contribution in [0.3, 0.4) is 0 Å². The molecule has 0 saturated carbocycles. The lowest BCUT2D eigenvalue weighted by molar-refractivity contribution is -0.164. The molecule has 0 aliphatic carbocycles. The van der Waals surface area contributed by atoms with Crippen molar-refractivity contribution in [3.63, 3.8) is 0 Å². The van der Waals surface area contributed by atoms with Crippen molar-refractivity contribution in [1.82, 2.24) is 14.8 Å². The summed E-state index contributed by atoms with van der Waals surface area (Å²) < 4.78 is 58.8. The average Bonchev–Trinajstić information content (AvgIpc) is 3.27. The summed E-state index contributed by atoms with van der Waals surface area (Å²) in [6.45, 7) is 1.67. The molecule has 1 amide bonds. The first kappa shape index (κ1) is 21.1. The fourth-order valence-electron chi connectivity index (χ4n) is 2.62. The highest BCUT2D eigenvalue weighted by molar-refractivity contribution is 6.32. The fourth-order valence-corrected chi connectivity index (χ4v) is 2.79. The molecule has 0 fully saturated rings. The number of alkyl halides is 4. The third kappa shape index (κ3) is 4.20. The van der Waals surface area contributed by atoms with Crippen molar-refractivity contribution < 1.29 is 32.2 Å². The Morgan fingerprint density at radius 2 is 2.07 bits per heavy atom. The van der Waals surface area contributed by atoms with Gasteiger partial charge >= 0.3 is 0 Å². The van der Waals surface area contributed by atoms with Gasteiger partial charge in [0.25, 0.3) is 18.8 Å². The van der Waals surface area contributed by atoms with Gasteiger partial charge < -0.3 is 9.84 Å². The van der Waals surface area contributed by atoms with Crippen molar-refractivity contribution >= 4 is 23.2 Å². The van der Waals surface area contributed by atoms with E-state index >= 15 is 0 Å². The number of rotatable bonds is 6. The van der Waals surface area contributed by atoms with Gasteiger partial charge in [-0.1, -0.05) is 17.7 Å². The van der Waals surface area contributed by atoms with Gasteiger partial charge in [-0.15, -0.1) is 0 Å². The molecule has 0 bridgehead atoms. The molecule has 7 nitrogen and oxygen atoms in total. The molecular weight excluding hydrogens is 420 g/mol. The first-order valence-corrected chi connectivity index (χ1v) is 8.62. The second kappa shape index (κ2) is 7.99. The summed E-state index contributed by atoms with van der Waals surface area (Å²) in [7, 11) is 0. The van der Waals surface area contributed by atoms with Crippen LogP contribution in [0.4, 0.5) is 17.6 Å². The monoisotopic (exact) mass is 434 g/mol. The van der Waals surface area contributed by atoms with E-state index < -0.39 is 36.6 Å². The number of carbonyl (C=O) groups is 1. The quantitative estimate of drug-likeness (QED) is 0.707. The van der Waals surface area contributed by atoms with Crippen LogP contribution in [0.2, 0.25) is 5.02 Å². The number of ether oxygens (including phenoxy) is 1. The minimum atomic E-state index is -3.51. The van der Waals surface area contributed by atoms with E-state index in [0.29, 0.717) is 10.8 Å². The number of carbonyl (C=O) groups excluding carboxylic acids is 1. The molecule has 1 atom stereocenters. The van der Waals surface area contributed by atoms with Crippen molar-refractivity contribution in [2.24, 2.45) is 5.10 Å². The molecule has 156 valence electrons. The number of hydrogen-bond donors (Lipinski definition) is 1. The third-order valence-electron chi connectivity index (χ3n) is 4.13. The number of hydrazone groups is 1. The van der Waals surface area contributed by atoms with E-state index in [-0.39, 0.29) is 17.4 Å². The summed E-state index contributed by atoms with van der Waals surface area (Å²) in [5.74, 6) is -0.886. The molecule has 0 spiro atoms. The van der Waals surface area contributed by atoms with Crippen molar-refractivity contribution in [3.05, 3.63) is 46.7 Å². The molecule has 0 unspecified atom stereocenters. The van der Waals surface area contributed by atoms with E-state index in [1.54, 1.807) is 18.2 Å². The number of amides is 1. The van der Waals surface area contributed by atoms with Crippen LogP contribution in [-0.4, -0.2) is 50.1 Å². The average molecular weight is 435 g/mol. The molecule has 12 heteroatoms. The SMILES string of the molecule is Cc1ccc(Cl)c(OCn2ccc(C(=O)N3N=C(C(F)F)C[C@@]3(O)C(F)F)n2)c1. The fraction of sp³-hybridized carbons (Fsp3) is 0.353. The van der Waals surface area contributed by atoms with E-state index in [9.17, 15) is 27.5 Å². The van der Waals surface area contributed by atoms with Gasteiger partial charge in [0.05, 0.1) is 5.02 Å². The zero-order chi connectivity index (χ0) is 21.3. The highest BCUT2D eigenvalue weighted by Gasteiger charge is 2.53. The Bertz CT molecular complexity index is 953. The van der Waals surface area contributed by atoms with Gasteiger partial charge in [0.1, 0.15) is 11.5 Å². The Morgan fingerprint density at radius 3 is 2.72 bits per heavy atom. The van der Waals surface area contributed by atoms with E-state index in [0.717, 1.165) is 11.6 Å². The van der Waals surface area contributed by atoms with E-state index in [4.69, 9.17) is 16.3 Å². The zero-order valence-corrected chi connectivity index (χ0v) is 15.7. The second-order valence-corrected chi connectivity index (χ2v) is 6.72. The Morgan fingerprint density at radius 1 is 1.34 bits per heavy atom. The van der Waals surface area contributed by atoms with E-state index in [2.05, 4.69) is 10.2 Å². The van der Waals surface area contributed by atoms with Crippen LogP contribution >= 0.6 is 11.6 Å². The molecule has 0 radical (unpaired) electrons. The summed E-state index contributed by atoms with van der Waals surface area (Å²) in [5.41, 5.74) is -3.67. The summed E-state index contributed by atoms with van der Waals surface area (Å²) in [6.07, 6.45) is -6.56.